The molecule has 0 saturated heterocycles. The Morgan fingerprint density at radius 1 is 0.857 bits per heavy atom. The Balaban J connectivity index is 2.04. The van der Waals surface area contributed by atoms with Gasteiger partial charge in [-0.05, 0) is 61.2 Å². The number of Topliss-reactive ketones (excluding diaryl/α,β-unsaturated/α-hetero) is 1. The maximum Gasteiger partial charge on any atom is 0.192 e. The standard InChI is InChI=1S/C29H44O5Si/c1-6-35(7-2,8-3)34-28(18-19-32-22-25-12-10-9-11-13-25)21-29(20-24(4)30)33-23-26-14-16-27(31-5)17-15-26/h9-17,28-29H,6-8,18-23H2,1-5H3/t28-,29+/m0/s1. The van der Waals surface area contributed by atoms with Crippen LogP contribution in [0.3, 0.4) is 0 Å². The molecule has 0 heterocycles. The monoisotopic (exact) mass is 500 g/mol. The van der Waals surface area contributed by atoms with E-state index in [9.17, 15) is 4.79 Å². The van der Waals surface area contributed by atoms with Crippen LogP contribution in [-0.2, 0) is 31.9 Å². The van der Waals surface area contributed by atoms with E-state index in [0.717, 1.165) is 35.9 Å². The van der Waals surface area contributed by atoms with Crippen molar-refractivity contribution in [3.63, 3.8) is 0 Å². The summed E-state index contributed by atoms with van der Waals surface area (Å²) >= 11 is 0. The molecule has 35 heavy (non-hydrogen) atoms. The van der Waals surface area contributed by atoms with E-state index in [2.05, 4.69) is 32.9 Å². The molecule has 0 aliphatic carbocycles. The minimum atomic E-state index is -1.82. The van der Waals surface area contributed by atoms with Crippen molar-refractivity contribution in [3.05, 3.63) is 65.7 Å². The highest BCUT2D eigenvalue weighted by Crippen LogP contribution is 2.27. The molecule has 0 saturated carbocycles. The summed E-state index contributed by atoms with van der Waals surface area (Å²) in [5.74, 6) is 0.951. The lowest BCUT2D eigenvalue weighted by Gasteiger charge is -2.35. The van der Waals surface area contributed by atoms with Gasteiger partial charge in [-0.15, -0.1) is 0 Å². The fraction of sp³-hybridized carbons (Fsp3) is 0.552. The van der Waals surface area contributed by atoms with Crippen molar-refractivity contribution in [3.8, 4) is 5.75 Å². The van der Waals surface area contributed by atoms with Gasteiger partial charge in [0, 0.05) is 19.1 Å². The van der Waals surface area contributed by atoms with Crippen molar-refractivity contribution in [2.24, 2.45) is 0 Å². The van der Waals surface area contributed by atoms with Crippen LogP contribution in [-0.4, -0.2) is 40.0 Å². The molecule has 0 amide bonds. The molecule has 2 aromatic rings. The topological polar surface area (TPSA) is 54.0 Å². The third kappa shape index (κ3) is 10.7. The highest BCUT2D eigenvalue weighted by Gasteiger charge is 2.33. The molecule has 194 valence electrons. The Bertz CT molecular complexity index is 828. The Morgan fingerprint density at radius 2 is 1.49 bits per heavy atom. The SMILES string of the molecule is CC[Si](CC)(CC)O[C@@H](CCOCc1ccccc1)C[C@@H](CC(C)=O)OCc1ccc(OC)cc1. The molecule has 0 aromatic heterocycles. The van der Waals surface area contributed by atoms with Crippen LogP contribution >= 0.6 is 0 Å². The summed E-state index contributed by atoms with van der Waals surface area (Å²) in [6, 6.07) is 21.3. The smallest absolute Gasteiger partial charge is 0.192 e. The van der Waals surface area contributed by atoms with E-state index >= 15 is 0 Å². The molecule has 6 heteroatoms. The number of hydrogen-bond acceptors (Lipinski definition) is 5. The summed E-state index contributed by atoms with van der Waals surface area (Å²) in [6.45, 7) is 10.0. The molecule has 2 aromatic carbocycles. The van der Waals surface area contributed by atoms with Crippen LogP contribution in [0, 0.1) is 0 Å². The van der Waals surface area contributed by atoms with E-state index in [0.29, 0.717) is 32.7 Å². The maximum absolute atomic E-state index is 12.0. The minimum absolute atomic E-state index is 0.0116. The number of methoxy groups -OCH3 is 1. The summed E-state index contributed by atoms with van der Waals surface area (Å²) in [7, 11) is -0.162. The number of carbonyl (C=O) groups is 1. The number of benzene rings is 2. The molecule has 5 nitrogen and oxygen atoms in total. The first-order valence-electron chi connectivity index (χ1n) is 13.0. The van der Waals surface area contributed by atoms with E-state index in [1.165, 1.54) is 5.56 Å². The molecule has 0 bridgehead atoms. The van der Waals surface area contributed by atoms with Crippen LogP contribution in [0.15, 0.2) is 54.6 Å². The Kier molecular flexibility index (Phi) is 13.3. The van der Waals surface area contributed by atoms with Crippen molar-refractivity contribution in [2.75, 3.05) is 13.7 Å². The molecule has 0 aliphatic heterocycles. The van der Waals surface area contributed by atoms with Crippen LogP contribution in [0.5, 0.6) is 5.75 Å². The summed E-state index contributed by atoms with van der Waals surface area (Å²) in [5, 5.41) is 0. The average molecular weight is 501 g/mol. The molecule has 2 atom stereocenters. The molecule has 0 fully saturated rings. The second-order valence-corrected chi connectivity index (χ2v) is 14.0. The van der Waals surface area contributed by atoms with Gasteiger partial charge in [0.25, 0.3) is 0 Å². The quantitative estimate of drug-likeness (QED) is 0.164. The number of ether oxygens (including phenoxy) is 3. The van der Waals surface area contributed by atoms with E-state index in [1.54, 1.807) is 14.0 Å². The van der Waals surface area contributed by atoms with Gasteiger partial charge in [-0.2, -0.15) is 0 Å². The van der Waals surface area contributed by atoms with E-state index in [1.807, 2.05) is 42.5 Å². The summed E-state index contributed by atoms with van der Waals surface area (Å²) in [6.07, 6.45) is 1.70. The van der Waals surface area contributed by atoms with Crippen molar-refractivity contribution in [1.29, 1.82) is 0 Å². The lowest BCUT2D eigenvalue weighted by Crippen LogP contribution is -2.41. The van der Waals surface area contributed by atoms with Gasteiger partial charge in [-0.25, -0.2) is 0 Å². The van der Waals surface area contributed by atoms with Crippen LogP contribution in [0.25, 0.3) is 0 Å². The average Bonchev–Trinajstić information content (AvgIpc) is 2.88. The molecular weight excluding hydrogens is 456 g/mol. The van der Waals surface area contributed by atoms with Gasteiger partial charge in [-0.3, -0.25) is 4.79 Å². The predicted octanol–water partition coefficient (Wildman–Crippen LogP) is 6.95. The molecule has 0 aliphatic rings. The van der Waals surface area contributed by atoms with Crippen molar-refractivity contribution >= 4 is 14.1 Å². The minimum Gasteiger partial charge on any atom is -0.497 e. The van der Waals surface area contributed by atoms with Crippen LogP contribution < -0.4 is 4.74 Å². The number of hydrogen-bond donors (Lipinski definition) is 0. The van der Waals surface area contributed by atoms with Gasteiger partial charge in [0.15, 0.2) is 8.32 Å². The highest BCUT2D eigenvalue weighted by molar-refractivity contribution is 6.73. The fourth-order valence-electron chi connectivity index (χ4n) is 4.32. The zero-order chi connectivity index (χ0) is 25.5. The third-order valence-corrected chi connectivity index (χ3v) is 11.4. The largest absolute Gasteiger partial charge is 0.497 e. The van der Waals surface area contributed by atoms with E-state index in [-0.39, 0.29) is 18.0 Å². The van der Waals surface area contributed by atoms with Crippen molar-refractivity contribution in [1.82, 2.24) is 0 Å². The highest BCUT2D eigenvalue weighted by atomic mass is 28.4. The summed E-state index contributed by atoms with van der Waals surface area (Å²) in [5.41, 5.74) is 2.23. The van der Waals surface area contributed by atoms with Gasteiger partial charge < -0.3 is 18.6 Å². The zero-order valence-corrected chi connectivity index (χ0v) is 23.3. The first-order chi connectivity index (χ1) is 16.9. The van der Waals surface area contributed by atoms with Crippen LogP contribution in [0.4, 0.5) is 0 Å². The number of carbonyl (C=O) groups excluding carboxylic acids is 1. The Labute approximate surface area is 213 Å². The normalized spacial score (nSPS) is 13.4. The molecule has 0 radical (unpaired) electrons. The Morgan fingerprint density at radius 3 is 2.06 bits per heavy atom. The first kappa shape index (κ1) is 29.2. The summed E-state index contributed by atoms with van der Waals surface area (Å²) < 4.78 is 24.4. The first-order valence-corrected chi connectivity index (χ1v) is 15.5. The lowest BCUT2D eigenvalue weighted by atomic mass is 10.0. The maximum atomic E-state index is 12.0. The van der Waals surface area contributed by atoms with Gasteiger partial charge in [0.05, 0.1) is 26.4 Å². The molecule has 0 spiro atoms. The fourth-order valence-corrected chi connectivity index (χ4v) is 7.24. The van der Waals surface area contributed by atoms with E-state index in [4.69, 9.17) is 18.6 Å². The molecule has 0 N–H and O–H groups in total. The molecular formula is C29H44O5Si. The predicted molar refractivity (Wildman–Crippen MR) is 144 cm³/mol. The number of rotatable bonds is 18. The van der Waals surface area contributed by atoms with Gasteiger partial charge in [0.1, 0.15) is 11.5 Å². The number of ketones is 1. The van der Waals surface area contributed by atoms with Crippen molar-refractivity contribution in [2.45, 2.75) is 90.5 Å². The second-order valence-electron chi connectivity index (χ2n) is 9.23. The van der Waals surface area contributed by atoms with Crippen LogP contribution in [0.2, 0.25) is 18.1 Å². The Hall–Kier alpha value is -1.99. The molecule has 2 rings (SSSR count). The van der Waals surface area contributed by atoms with Crippen molar-refractivity contribution < 1.29 is 23.4 Å². The van der Waals surface area contributed by atoms with Gasteiger partial charge >= 0.3 is 0 Å². The van der Waals surface area contributed by atoms with Crippen LogP contribution in [0.1, 0.15) is 58.1 Å². The van der Waals surface area contributed by atoms with Gasteiger partial charge in [-0.1, -0.05) is 63.2 Å². The van der Waals surface area contributed by atoms with Gasteiger partial charge in [0.2, 0.25) is 0 Å². The zero-order valence-electron chi connectivity index (χ0n) is 22.3. The summed E-state index contributed by atoms with van der Waals surface area (Å²) in [4.78, 5) is 12.0. The third-order valence-electron chi connectivity index (χ3n) is 6.73. The lowest BCUT2D eigenvalue weighted by molar-refractivity contribution is -0.120. The molecule has 0 unspecified atom stereocenters. The second kappa shape index (κ2) is 15.9. The van der Waals surface area contributed by atoms with E-state index < -0.39 is 8.32 Å².